The second-order valence-electron chi connectivity index (χ2n) is 4.74. The van der Waals surface area contributed by atoms with Gasteiger partial charge in [0.1, 0.15) is 12.2 Å². The Hall–Kier alpha value is -2.45. The van der Waals surface area contributed by atoms with E-state index in [-0.39, 0.29) is 6.61 Å². The molecule has 0 radical (unpaired) electrons. The molecule has 0 atom stereocenters. The Kier molecular flexibility index (Phi) is 6.71. The van der Waals surface area contributed by atoms with Gasteiger partial charge in [0.05, 0.1) is 31.6 Å². The average molecular weight is 349 g/mol. The van der Waals surface area contributed by atoms with E-state index in [1.165, 1.54) is 32.4 Å². The number of hydrogen-bond donors (Lipinski definition) is 2. The minimum absolute atomic E-state index is 0.211. The zero-order valence-corrected chi connectivity index (χ0v) is 14.5. The third-order valence-corrected chi connectivity index (χ3v) is 4.02. The molecule has 0 amide bonds. The minimum atomic E-state index is -0.479. The molecule has 24 heavy (non-hydrogen) atoms. The zero-order chi connectivity index (χ0) is 17.4. The largest absolute Gasteiger partial charge is 0.503 e. The normalized spacial score (nSPS) is 14.7. The van der Waals surface area contributed by atoms with E-state index in [0.717, 1.165) is 16.2 Å². The topological polar surface area (TPSA) is 81.2 Å². The quantitative estimate of drug-likeness (QED) is 0.195. The number of carbonyl (C=O) groups is 1. The first kappa shape index (κ1) is 17.9. The van der Waals surface area contributed by atoms with Gasteiger partial charge in [-0.3, -0.25) is 0 Å². The number of methoxy groups -OCH3 is 2. The molecule has 1 aromatic carbocycles. The molecule has 1 heterocycles. The van der Waals surface area contributed by atoms with Gasteiger partial charge in [-0.2, -0.15) is 4.83 Å². The highest BCUT2D eigenvalue weighted by Crippen LogP contribution is 2.22. The van der Waals surface area contributed by atoms with Crippen LogP contribution in [0.25, 0.3) is 5.57 Å². The van der Waals surface area contributed by atoms with Crippen molar-refractivity contribution < 1.29 is 19.1 Å². The van der Waals surface area contributed by atoms with Gasteiger partial charge >= 0.3 is 5.97 Å². The summed E-state index contributed by atoms with van der Waals surface area (Å²) in [5, 5.41) is 3.96. The summed E-state index contributed by atoms with van der Waals surface area (Å²) < 4.78 is 9.78. The molecule has 0 fully saturated rings. The summed E-state index contributed by atoms with van der Waals surface area (Å²) in [4.78, 5) is 21.1. The van der Waals surface area contributed by atoms with Crippen LogP contribution in [0.3, 0.4) is 0 Å². The van der Waals surface area contributed by atoms with E-state index in [1.807, 2.05) is 25.1 Å². The molecule has 1 aliphatic heterocycles. The summed E-state index contributed by atoms with van der Waals surface area (Å²) in [7, 11) is 2.80. The number of hydrazine groups is 1. The second kappa shape index (κ2) is 8.99. The van der Waals surface area contributed by atoms with Crippen molar-refractivity contribution in [3.05, 3.63) is 52.3 Å². The Labute approximate surface area is 144 Å². The van der Waals surface area contributed by atoms with Crippen LogP contribution in [0, 0.1) is 0 Å². The smallest absolute Gasteiger partial charge is 0.341 e. The molecular formula is C16H19N3O4S. The van der Waals surface area contributed by atoms with Gasteiger partial charge in [-0.05, 0) is 24.4 Å². The van der Waals surface area contributed by atoms with E-state index < -0.39 is 5.97 Å². The number of benzene rings is 1. The van der Waals surface area contributed by atoms with E-state index in [1.54, 1.807) is 12.3 Å². The van der Waals surface area contributed by atoms with E-state index in [2.05, 4.69) is 15.4 Å². The second-order valence-corrected chi connectivity index (χ2v) is 5.59. The molecule has 0 unspecified atom stereocenters. The highest BCUT2D eigenvalue weighted by Gasteiger charge is 2.16. The van der Waals surface area contributed by atoms with Crippen LogP contribution in [0.4, 0.5) is 0 Å². The lowest BCUT2D eigenvalue weighted by Gasteiger charge is -2.10. The molecule has 0 spiro atoms. The van der Waals surface area contributed by atoms with E-state index >= 15 is 0 Å². The molecule has 8 heteroatoms. The highest BCUT2D eigenvalue weighted by molar-refractivity contribution is 8.02. The van der Waals surface area contributed by atoms with Crippen molar-refractivity contribution in [3.63, 3.8) is 0 Å². The lowest BCUT2D eigenvalue weighted by molar-refractivity contribution is -0.133. The predicted octanol–water partition coefficient (Wildman–Crippen LogP) is 2.34. The van der Waals surface area contributed by atoms with Gasteiger partial charge in [-0.1, -0.05) is 29.4 Å². The summed E-state index contributed by atoms with van der Waals surface area (Å²) in [6.07, 6.45) is 2.98. The van der Waals surface area contributed by atoms with Gasteiger partial charge in [0.2, 0.25) is 0 Å². The van der Waals surface area contributed by atoms with Crippen molar-refractivity contribution in [1.29, 1.82) is 0 Å². The van der Waals surface area contributed by atoms with Crippen LogP contribution < -0.4 is 10.3 Å². The number of allylic oxidation sites excluding steroid dienone is 2. The van der Waals surface area contributed by atoms with Crippen molar-refractivity contribution in [2.75, 3.05) is 14.2 Å². The molecule has 2 N–H and O–H groups in total. The Balaban J connectivity index is 2.11. The Bertz CT molecular complexity index is 686. The molecule has 128 valence electrons. The van der Waals surface area contributed by atoms with Crippen molar-refractivity contribution in [2.45, 2.75) is 13.5 Å². The summed E-state index contributed by atoms with van der Waals surface area (Å²) in [6, 6.07) is 7.35. The summed E-state index contributed by atoms with van der Waals surface area (Å²) in [6.45, 7) is 2.14. The number of carbonyl (C=O) groups excluding carboxylic acids is 1. The Morgan fingerprint density at radius 2 is 2.12 bits per heavy atom. The lowest BCUT2D eigenvalue weighted by atomic mass is 10.0. The Morgan fingerprint density at radius 3 is 2.79 bits per heavy atom. The number of nitrogens with zero attached hydrogens (tertiary/aromatic N) is 1. The van der Waals surface area contributed by atoms with Crippen LogP contribution in [0.15, 0.2) is 46.3 Å². The summed E-state index contributed by atoms with van der Waals surface area (Å²) >= 11 is 1.42. The number of oxime groups is 1. The average Bonchev–Trinajstić information content (AvgIpc) is 3.01. The van der Waals surface area contributed by atoms with Gasteiger partial charge in [0.25, 0.3) is 0 Å². The third-order valence-electron chi connectivity index (χ3n) is 3.18. The van der Waals surface area contributed by atoms with Gasteiger partial charge < -0.3 is 19.7 Å². The van der Waals surface area contributed by atoms with Crippen LogP contribution in [0.5, 0.6) is 0 Å². The first-order valence-electron chi connectivity index (χ1n) is 7.11. The SMILES string of the molecule is CO/C=C(/C(=O)OC)c1ccccc1CO/N=C/C1=C(C)NNS1. The van der Waals surface area contributed by atoms with Crippen LogP contribution in [-0.4, -0.2) is 26.4 Å². The fourth-order valence-corrected chi connectivity index (χ4v) is 2.58. The van der Waals surface area contributed by atoms with E-state index in [9.17, 15) is 4.79 Å². The molecule has 1 aromatic rings. The first-order valence-corrected chi connectivity index (χ1v) is 7.92. The van der Waals surface area contributed by atoms with Crippen molar-refractivity contribution in [3.8, 4) is 0 Å². The number of rotatable bonds is 7. The zero-order valence-electron chi connectivity index (χ0n) is 13.7. The highest BCUT2D eigenvalue weighted by atomic mass is 32.2. The van der Waals surface area contributed by atoms with Crippen LogP contribution >= 0.6 is 11.9 Å². The van der Waals surface area contributed by atoms with Crippen LogP contribution in [-0.2, 0) is 25.7 Å². The van der Waals surface area contributed by atoms with E-state index in [0.29, 0.717) is 11.1 Å². The molecular weight excluding hydrogens is 330 g/mol. The molecule has 0 aromatic heterocycles. The molecule has 1 aliphatic rings. The van der Waals surface area contributed by atoms with Gasteiger partial charge in [-0.15, -0.1) is 0 Å². The van der Waals surface area contributed by atoms with Crippen LogP contribution in [0.2, 0.25) is 0 Å². The monoisotopic (exact) mass is 349 g/mol. The molecule has 0 bridgehead atoms. The summed E-state index contributed by atoms with van der Waals surface area (Å²) in [5.41, 5.74) is 5.73. The molecule has 0 saturated heterocycles. The maximum Gasteiger partial charge on any atom is 0.341 e. The fraction of sp³-hybridized carbons (Fsp3) is 0.250. The number of ether oxygens (including phenoxy) is 2. The maximum atomic E-state index is 11.9. The summed E-state index contributed by atoms with van der Waals surface area (Å²) in [5.74, 6) is -0.479. The van der Waals surface area contributed by atoms with Crippen molar-refractivity contribution in [2.24, 2.45) is 5.16 Å². The number of nitrogens with one attached hydrogen (secondary N) is 2. The molecule has 2 rings (SSSR count). The van der Waals surface area contributed by atoms with Crippen LogP contribution in [0.1, 0.15) is 18.1 Å². The predicted molar refractivity (Wildman–Crippen MR) is 93.3 cm³/mol. The van der Waals surface area contributed by atoms with Gasteiger partial charge in [0.15, 0.2) is 0 Å². The molecule has 0 aliphatic carbocycles. The maximum absolute atomic E-state index is 11.9. The fourth-order valence-electron chi connectivity index (χ4n) is 1.97. The first-order chi connectivity index (χ1) is 11.7. The Morgan fingerprint density at radius 1 is 1.33 bits per heavy atom. The van der Waals surface area contributed by atoms with Crippen molar-refractivity contribution in [1.82, 2.24) is 10.3 Å². The van der Waals surface area contributed by atoms with Gasteiger partial charge in [0, 0.05) is 11.3 Å². The lowest BCUT2D eigenvalue weighted by Crippen LogP contribution is -2.16. The third kappa shape index (κ3) is 4.53. The van der Waals surface area contributed by atoms with Gasteiger partial charge in [-0.25, -0.2) is 4.79 Å². The minimum Gasteiger partial charge on any atom is -0.503 e. The standard InChI is InChI=1S/C16H19N3O4S/c1-11-15(24-19-18-11)8-17-23-9-12-6-4-5-7-13(12)14(10-21-2)16(20)22-3/h4-8,10,18-19H,9H2,1-3H3/b14-10+,17-8+. The van der Waals surface area contributed by atoms with E-state index in [4.69, 9.17) is 14.3 Å². The number of hydrogen-bond acceptors (Lipinski definition) is 8. The number of esters is 1. The van der Waals surface area contributed by atoms with Crippen molar-refractivity contribution >= 4 is 29.7 Å². The molecule has 0 saturated carbocycles. The molecule has 7 nitrogen and oxygen atoms in total.